The van der Waals surface area contributed by atoms with Gasteiger partial charge in [-0.25, -0.2) is 4.52 Å². The summed E-state index contributed by atoms with van der Waals surface area (Å²) >= 11 is 0. The van der Waals surface area contributed by atoms with Crippen LogP contribution < -0.4 is 10.2 Å². The molecule has 2 atom stereocenters. The first-order valence-corrected chi connectivity index (χ1v) is 10.8. The summed E-state index contributed by atoms with van der Waals surface area (Å²) < 4.78 is 1.86. The Balaban J connectivity index is 1.51. The molecule has 3 heterocycles. The maximum absolute atomic E-state index is 13.0. The predicted octanol–water partition coefficient (Wildman–Crippen LogP) is 3.89. The van der Waals surface area contributed by atoms with E-state index >= 15 is 0 Å². The molecule has 0 spiro atoms. The van der Waals surface area contributed by atoms with Crippen molar-refractivity contribution in [3.8, 4) is 0 Å². The first-order chi connectivity index (χ1) is 14.5. The van der Waals surface area contributed by atoms with Crippen LogP contribution in [0.1, 0.15) is 42.7 Å². The molecular formula is C25H28N4O. The predicted molar refractivity (Wildman–Crippen MR) is 122 cm³/mol. The summed E-state index contributed by atoms with van der Waals surface area (Å²) in [6, 6.07) is 13.7. The number of hydrogen-bond donors (Lipinski definition) is 1. The van der Waals surface area contributed by atoms with Gasteiger partial charge in [0.25, 0.3) is 0 Å². The molecule has 1 fully saturated rings. The number of carbonyl (C=O) groups is 1. The topological polar surface area (TPSA) is 49.6 Å². The van der Waals surface area contributed by atoms with Crippen LogP contribution in [0.4, 0.5) is 5.69 Å². The molecule has 0 amide bonds. The molecule has 5 heteroatoms. The van der Waals surface area contributed by atoms with Crippen molar-refractivity contribution >= 4 is 28.6 Å². The van der Waals surface area contributed by atoms with Crippen LogP contribution in [0.3, 0.4) is 0 Å². The first-order valence-electron chi connectivity index (χ1n) is 10.8. The number of nitrogens with zero attached hydrogens (tertiary/aromatic N) is 3. The largest absolute Gasteiger partial charge is 0.368 e. The van der Waals surface area contributed by atoms with Gasteiger partial charge >= 0.3 is 0 Å². The Hall–Kier alpha value is -2.92. The van der Waals surface area contributed by atoms with Gasteiger partial charge in [0.15, 0.2) is 5.78 Å². The van der Waals surface area contributed by atoms with E-state index in [-0.39, 0.29) is 5.78 Å². The molecule has 2 aromatic heterocycles. The molecule has 1 aromatic carbocycles. The number of nitrogens with one attached hydrogen (secondary N) is 1. The fourth-order valence-corrected chi connectivity index (χ4v) is 4.78. The molecule has 0 unspecified atom stereocenters. The molecular weight excluding hydrogens is 372 g/mol. The quantitative estimate of drug-likeness (QED) is 0.709. The van der Waals surface area contributed by atoms with Gasteiger partial charge in [0.2, 0.25) is 0 Å². The number of hydrogen-bond acceptors (Lipinski definition) is 4. The smallest absolute Gasteiger partial charge is 0.163 e. The first kappa shape index (κ1) is 19.1. The molecule has 3 aromatic rings. The number of rotatable bonds is 2. The molecule has 1 N–H and O–H groups in total. The van der Waals surface area contributed by atoms with Crippen molar-refractivity contribution in [1.29, 1.82) is 0 Å². The van der Waals surface area contributed by atoms with Crippen LogP contribution in [-0.2, 0) is 11.2 Å². The van der Waals surface area contributed by atoms with Crippen LogP contribution in [0.15, 0.2) is 42.6 Å². The van der Waals surface area contributed by atoms with Crippen LogP contribution in [-0.4, -0.2) is 40.6 Å². The second-order valence-corrected chi connectivity index (χ2v) is 8.81. The Bertz CT molecular complexity index is 1150. The molecule has 0 bridgehead atoms. The summed E-state index contributed by atoms with van der Waals surface area (Å²) in [4.78, 5) is 15.4. The molecule has 1 saturated heterocycles. The minimum Gasteiger partial charge on any atom is -0.368 e. The number of ketones is 1. The Morgan fingerprint density at radius 3 is 2.63 bits per heavy atom. The van der Waals surface area contributed by atoms with Crippen molar-refractivity contribution in [2.24, 2.45) is 0 Å². The van der Waals surface area contributed by atoms with Crippen LogP contribution >= 0.6 is 0 Å². The summed E-state index contributed by atoms with van der Waals surface area (Å²) in [5.74, 6) is 0.199. The van der Waals surface area contributed by atoms with E-state index in [2.05, 4.69) is 59.5 Å². The molecule has 0 radical (unpaired) electrons. The average molecular weight is 401 g/mol. The van der Waals surface area contributed by atoms with E-state index in [1.54, 1.807) is 0 Å². The van der Waals surface area contributed by atoms with Crippen LogP contribution in [0.2, 0.25) is 0 Å². The fraction of sp³-hybridized carbons (Fsp3) is 0.360. The molecule has 30 heavy (non-hydrogen) atoms. The van der Waals surface area contributed by atoms with E-state index in [0.29, 0.717) is 18.5 Å². The third-order valence-corrected chi connectivity index (χ3v) is 6.17. The van der Waals surface area contributed by atoms with Gasteiger partial charge in [-0.15, -0.1) is 0 Å². The molecule has 154 valence electrons. The zero-order valence-corrected chi connectivity index (χ0v) is 17.9. The minimum absolute atomic E-state index is 0.199. The van der Waals surface area contributed by atoms with Gasteiger partial charge in [-0.2, -0.15) is 5.10 Å². The fourth-order valence-electron chi connectivity index (χ4n) is 4.78. The highest BCUT2D eigenvalue weighted by molar-refractivity contribution is 6.26. The summed E-state index contributed by atoms with van der Waals surface area (Å²) in [6.07, 6.45) is 5.35. The van der Waals surface area contributed by atoms with Crippen molar-refractivity contribution in [3.05, 3.63) is 65.0 Å². The minimum atomic E-state index is 0.199. The van der Waals surface area contributed by atoms with Crippen molar-refractivity contribution in [2.75, 3.05) is 18.0 Å². The molecule has 5 rings (SSSR count). The van der Waals surface area contributed by atoms with Gasteiger partial charge in [-0.05, 0) is 74.7 Å². The van der Waals surface area contributed by atoms with Crippen LogP contribution in [0.5, 0.6) is 0 Å². The van der Waals surface area contributed by atoms with Gasteiger partial charge in [-0.3, -0.25) is 4.79 Å². The second kappa shape index (κ2) is 7.40. The number of allylic oxidation sites excluding steroid dienone is 1. The maximum Gasteiger partial charge on any atom is 0.163 e. The zero-order valence-electron chi connectivity index (χ0n) is 17.9. The highest BCUT2D eigenvalue weighted by atomic mass is 16.1. The van der Waals surface area contributed by atoms with E-state index in [9.17, 15) is 4.79 Å². The van der Waals surface area contributed by atoms with Crippen molar-refractivity contribution in [1.82, 2.24) is 14.9 Å². The van der Waals surface area contributed by atoms with E-state index in [4.69, 9.17) is 0 Å². The molecule has 0 saturated carbocycles. The number of carbonyl (C=O) groups excluding carboxylic acids is 1. The second-order valence-electron chi connectivity index (χ2n) is 8.81. The average Bonchev–Trinajstić information content (AvgIpc) is 3.04. The SMILES string of the molecule is Cc1ccc2cc(C3=Cc4ccc(N5C[C@@H](C)N[C@@H](C)C5)cc4CCC3=O)cn2n1. The number of benzene rings is 1. The lowest BCUT2D eigenvalue weighted by molar-refractivity contribution is -0.113. The lowest BCUT2D eigenvalue weighted by Gasteiger charge is -2.38. The van der Waals surface area contributed by atoms with E-state index in [1.807, 2.05) is 29.8 Å². The van der Waals surface area contributed by atoms with E-state index < -0.39 is 0 Å². The van der Waals surface area contributed by atoms with Crippen molar-refractivity contribution in [2.45, 2.75) is 45.7 Å². The lowest BCUT2D eigenvalue weighted by atomic mass is 10.0. The molecule has 1 aliphatic carbocycles. The lowest BCUT2D eigenvalue weighted by Crippen LogP contribution is -2.54. The Labute approximate surface area is 177 Å². The van der Waals surface area contributed by atoms with Crippen LogP contribution in [0, 0.1) is 6.92 Å². The highest BCUT2D eigenvalue weighted by Crippen LogP contribution is 2.31. The van der Waals surface area contributed by atoms with E-state index in [0.717, 1.165) is 47.4 Å². The number of piperazine rings is 1. The van der Waals surface area contributed by atoms with Gasteiger partial charge in [0, 0.05) is 54.6 Å². The summed E-state index contributed by atoms with van der Waals surface area (Å²) in [5.41, 5.74) is 7.36. The number of anilines is 1. The monoisotopic (exact) mass is 400 g/mol. The third-order valence-electron chi connectivity index (χ3n) is 6.17. The van der Waals surface area contributed by atoms with Gasteiger partial charge in [0.1, 0.15) is 0 Å². The van der Waals surface area contributed by atoms with E-state index in [1.165, 1.54) is 11.3 Å². The Morgan fingerprint density at radius 2 is 1.83 bits per heavy atom. The van der Waals surface area contributed by atoms with Crippen molar-refractivity contribution < 1.29 is 4.79 Å². The number of Topliss-reactive ketones (excluding diaryl/α,β-unsaturated/α-hetero) is 1. The Kier molecular flexibility index (Phi) is 4.70. The zero-order chi connectivity index (χ0) is 20.8. The standard InChI is InChI=1S/C25H28N4O/c1-16-4-7-23-11-21(15-29(23)27-16)24-12-20-5-8-22(10-19(20)6-9-25(24)30)28-13-17(2)26-18(3)14-28/h4-5,7-8,10-12,15,17-18,26H,6,9,13-14H2,1-3H3/t17-,18+. The maximum atomic E-state index is 13.0. The number of aromatic nitrogens is 2. The third kappa shape index (κ3) is 3.54. The van der Waals surface area contributed by atoms with Crippen LogP contribution in [0.25, 0.3) is 17.2 Å². The summed E-state index contributed by atoms with van der Waals surface area (Å²) in [7, 11) is 0. The van der Waals surface area contributed by atoms with Gasteiger partial charge in [-0.1, -0.05) is 6.07 Å². The van der Waals surface area contributed by atoms with Crippen molar-refractivity contribution in [3.63, 3.8) is 0 Å². The Morgan fingerprint density at radius 1 is 1.03 bits per heavy atom. The van der Waals surface area contributed by atoms with Gasteiger partial charge < -0.3 is 10.2 Å². The number of fused-ring (bicyclic) bond motifs is 2. The molecule has 5 nitrogen and oxygen atoms in total. The summed E-state index contributed by atoms with van der Waals surface area (Å²) in [5, 5.41) is 8.12. The molecule has 1 aliphatic heterocycles. The highest BCUT2D eigenvalue weighted by Gasteiger charge is 2.23. The number of aryl methyl sites for hydroxylation is 2. The normalized spacial score (nSPS) is 22.0. The van der Waals surface area contributed by atoms with Gasteiger partial charge in [0.05, 0.1) is 11.2 Å². The summed E-state index contributed by atoms with van der Waals surface area (Å²) in [6.45, 7) is 8.46. The molecule has 2 aliphatic rings.